The van der Waals surface area contributed by atoms with E-state index in [4.69, 9.17) is 0 Å². The highest BCUT2D eigenvalue weighted by atomic mass is 16.6. The van der Waals surface area contributed by atoms with Gasteiger partial charge in [-0.2, -0.15) is 5.10 Å². The number of aromatic nitrogens is 4. The maximum Gasteiger partial charge on any atom is 0.333 e. The molecular formula is C16H20N6O2. The van der Waals surface area contributed by atoms with E-state index in [0.29, 0.717) is 24.5 Å². The zero-order valence-corrected chi connectivity index (χ0v) is 13.7. The van der Waals surface area contributed by atoms with Gasteiger partial charge in [0, 0.05) is 20.0 Å². The van der Waals surface area contributed by atoms with Crippen LogP contribution in [0.15, 0.2) is 24.3 Å². The zero-order valence-electron chi connectivity index (χ0n) is 13.7. The van der Waals surface area contributed by atoms with Crippen LogP contribution in [0.1, 0.15) is 24.9 Å². The molecule has 3 rings (SSSR count). The average Bonchev–Trinajstić information content (AvgIpc) is 3.11. The lowest BCUT2D eigenvalue weighted by atomic mass is 10.2. The van der Waals surface area contributed by atoms with E-state index in [1.807, 2.05) is 31.2 Å². The van der Waals surface area contributed by atoms with E-state index in [0.717, 1.165) is 29.7 Å². The molecule has 1 aromatic carbocycles. The van der Waals surface area contributed by atoms with E-state index < -0.39 is 0 Å². The van der Waals surface area contributed by atoms with Gasteiger partial charge in [-0.15, -0.1) is 0 Å². The number of para-hydroxylation sites is 2. The van der Waals surface area contributed by atoms with Crippen molar-refractivity contribution in [2.24, 2.45) is 7.05 Å². The van der Waals surface area contributed by atoms with Crippen LogP contribution in [-0.2, 0) is 19.9 Å². The number of aromatic amines is 1. The van der Waals surface area contributed by atoms with Gasteiger partial charge in [0.25, 0.3) is 0 Å². The quantitative estimate of drug-likeness (QED) is 0.394. The van der Waals surface area contributed by atoms with Crippen molar-refractivity contribution in [1.82, 2.24) is 19.7 Å². The lowest BCUT2D eigenvalue weighted by Gasteiger charge is -2.05. The van der Waals surface area contributed by atoms with Gasteiger partial charge >= 0.3 is 5.69 Å². The molecule has 0 bridgehead atoms. The van der Waals surface area contributed by atoms with Gasteiger partial charge < -0.3 is 10.3 Å². The predicted molar refractivity (Wildman–Crippen MR) is 92.1 cm³/mol. The van der Waals surface area contributed by atoms with Gasteiger partial charge in [0.2, 0.25) is 5.82 Å². The Hall–Kier alpha value is -2.90. The number of hydrogen-bond acceptors (Lipinski definition) is 5. The number of H-pyrrole nitrogens is 1. The molecule has 0 saturated carbocycles. The monoisotopic (exact) mass is 328 g/mol. The summed E-state index contributed by atoms with van der Waals surface area (Å²) in [6.45, 7) is 2.47. The maximum absolute atomic E-state index is 11.3. The summed E-state index contributed by atoms with van der Waals surface area (Å²) in [6.07, 6.45) is 2.11. The summed E-state index contributed by atoms with van der Waals surface area (Å²) in [5.41, 5.74) is 2.55. The third kappa shape index (κ3) is 3.08. The van der Waals surface area contributed by atoms with Crippen LogP contribution >= 0.6 is 0 Å². The second-order valence-electron chi connectivity index (χ2n) is 5.61. The Labute approximate surface area is 139 Å². The molecular weight excluding hydrogens is 308 g/mol. The number of aryl methyl sites for hydroxylation is 3. The molecule has 0 aliphatic heterocycles. The van der Waals surface area contributed by atoms with Crippen molar-refractivity contribution in [2.45, 2.75) is 26.2 Å². The lowest BCUT2D eigenvalue weighted by Crippen LogP contribution is -2.09. The molecule has 3 aromatic rings. The molecule has 2 heterocycles. The molecule has 0 atom stereocenters. The summed E-state index contributed by atoms with van der Waals surface area (Å²) in [7, 11) is 1.72. The van der Waals surface area contributed by atoms with Crippen LogP contribution in [0.3, 0.4) is 0 Å². The number of nitro groups is 1. The Bertz CT molecular complexity index is 834. The Morgan fingerprint density at radius 1 is 1.38 bits per heavy atom. The number of rotatable bonds is 7. The van der Waals surface area contributed by atoms with Gasteiger partial charge in [0.15, 0.2) is 0 Å². The van der Waals surface area contributed by atoms with Crippen LogP contribution in [0.25, 0.3) is 11.0 Å². The number of nitrogens with zero attached hydrogens (tertiary/aromatic N) is 4. The Balaban J connectivity index is 1.62. The Morgan fingerprint density at radius 2 is 2.17 bits per heavy atom. The molecule has 0 saturated heterocycles. The van der Waals surface area contributed by atoms with Crippen molar-refractivity contribution in [1.29, 1.82) is 0 Å². The minimum absolute atomic E-state index is 0.0729. The van der Waals surface area contributed by atoms with Crippen LogP contribution in [0.5, 0.6) is 0 Å². The molecule has 0 spiro atoms. The number of hydrogen-bond donors (Lipinski definition) is 2. The van der Waals surface area contributed by atoms with Crippen LogP contribution in [0.4, 0.5) is 11.5 Å². The van der Waals surface area contributed by atoms with Crippen molar-refractivity contribution < 1.29 is 4.92 Å². The summed E-state index contributed by atoms with van der Waals surface area (Å²) in [5, 5.41) is 18.6. The van der Waals surface area contributed by atoms with Crippen LogP contribution < -0.4 is 5.32 Å². The van der Waals surface area contributed by atoms with Gasteiger partial charge in [-0.3, -0.25) is 10.1 Å². The fourth-order valence-electron chi connectivity index (χ4n) is 2.78. The van der Waals surface area contributed by atoms with Crippen molar-refractivity contribution in [2.75, 3.05) is 11.9 Å². The molecule has 0 aliphatic carbocycles. The van der Waals surface area contributed by atoms with Crippen LogP contribution in [0.2, 0.25) is 0 Å². The predicted octanol–water partition coefficient (Wildman–Crippen LogP) is 2.81. The minimum Gasteiger partial charge on any atom is -0.365 e. The van der Waals surface area contributed by atoms with E-state index >= 15 is 0 Å². The highest BCUT2D eigenvalue weighted by Gasteiger charge is 2.25. The summed E-state index contributed by atoms with van der Waals surface area (Å²) < 4.78 is 1.54. The molecule has 24 heavy (non-hydrogen) atoms. The molecule has 8 heteroatoms. The zero-order chi connectivity index (χ0) is 17.1. The van der Waals surface area contributed by atoms with Crippen molar-refractivity contribution >= 4 is 22.5 Å². The largest absolute Gasteiger partial charge is 0.365 e. The first-order valence-electron chi connectivity index (χ1n) is 7.98. The normalized spacial score (nSPS) is 11.1. The molecule has 0 radical (unpaired) electrons. The standard InChI is InChI=1S/C16H20N6O2/c1-3-11-15(22(23)24)16(21(2)20-11)17-10-6-9-14-18-12-7-4-5-8-13(12)19-14/h4-5,7-8,17H,3,6,9-10H2,1-2H3,(H,18,19). The first-order valence-corrected chi connectivity index (χ1v) is 7.98. The molecule has 0 unspecified atom stereocenters. The maximum atomic E-state index is 11.3. The Kier molecular flexibility index (Phi) is 4.45. The molecule has 0 aliphatic rings. The number of imidazole rings is 1. The van der Waals surface area contributed by atoms with Gasteiger partial charge in [-0.1, -0.05) is 19.1 Å². The van der Waals surface area contributed by atoms with Crippen molar-refractivity contribution in [3.05, 3.63) is 45.9 Å². The first kappa shape index (κ1) is 16.0. The van der Waals surface area contributed by atoms with Crippen LogP contribution in [-0.4, -0.2) is 31.2 Å². The first-order chi connectivity index (χ1) is 11.6. The van der Waals surface area contributed by atoms with E-state index in [1.54, 1.807) is 7.05 Å². The molecule has 2 aromatic heterocycles. The van der Waals surface area contributed by atoms with Gasteiger partial charge in [0.1, 0.15) is 11.5 Å². The summed E-state index contributed by atoms with van der Waals surface area (Å²) in [6, 6.07) is 7.90. The van der Waals surface area contributed by atoms with Crippen LogP contribution in [0, 0.1) is 10.1 Å². The van der Waals surface area contributed by atoms with Crippen molar-refractivity contribution in [3.8, 4) is 0 Å². The average molecular weight is 328 g/mol. The molecule has 2 N–H and O–H groups in total. The summed E-state index contributed by atoms with van der Waals surface area (Å²) in [5.74, 6) is 1.38. The van der Waals surface area contributed by atoms with E-state index in [1.165, 1.54) is 4.68 Å². The highest BCUT2D eigenvalue weighted by molar-refractivity contribution is 5.74. The lowest BCUT2D eigenvalue weighted by molar-refractivity contribution is -0.384. The third-order valence-electron chi connectivity index (χ3n) is 3.93. The number of anilines is 1. The molecule has 126 valence electrons. The topological polar surface area (TPSA) is 102 Å². The van der Waals surface area contributed by atoms with E-state index in [9.17, 15) is 10.1 Å². The fourth-order valence-corrected chi connectivity index (χ4v) is 2.78. The number of nitrogens with one attached hydrogen (secondary N) is 2. The van der Waals surface area contributed by atoms with E-state index in [-0.39, 0.29) is 10.6 Å². The summed E-state index contributed by atoms with van der Waals surface area (Å²) in [4.78, 5) is 18.7. The highest BCUT2D eigenvalue weighted by Crippen LogP contribution is 2.28. The second-order valence-corrected chi connectivity index (χ2v) is 5.61. The third-order valence-corrected chi connectivity index (χ3v) is 3.93. The van der Waals surface area contributed by atoms with Gasteiger partial charge in [-0.25, -0.2) is 9.67 Å². The SMILES string of the molecule is CCc1nn(C)c(NCCCc2nc3ccccc3[nH]2)c1[N+](=O)[O-]. The van der Waals surface area contributed by atoms with E-state index in [2.05, 4.69) is 20.4 Å². The van der Waals surface area contributed by atoms with Gasteiger partial charge in [-0.05, 0) is 25.0 Å². The molecule has 0 fully saturated rings. The molecule has 0 amide bonds. The van der Waals surface area contributed by atoms with Gasteiger partial charge in [0.05, 0.1) is 16.0 Å². The summed E-state index contributed by atoms with van der Waals surface area (Å²) >= 11 is 0. The fraction of sp³-hybridized carbons (Fsp3) is 0.375. The second kappa shape index (κ2) is 6.69. The number of fused-ring (bicyclic) bond motifs is 1. The Morgan fingerprint density at radius 3 is 2.88 bits per heavy atom. The minimum atomic E-state index is -0.368. The molecule has 8 nitrogen and oxygen atoms in total. The smallest absolute Gasteiger partial charge is 0.333 e. The van der Waals surface area contributed by atoms with Crippen molar-refractivity contribution in [3.63, 3.8) is 0 Å². The number of benzene rings is 1.